The molecule has 24 heavy (non-hydrogen) atoms. The normalized spacial score (nSPS) is 14.6. The first-order valence-electron chi connectivity index (χ1n) is 7.54. The van der Waals surface area contributed by atoms with Crippen molar-refractivity contribution in [1.82, 2.24) is 4.90 Å². The smallest absolute Gasteiger partial charge is 0.393 e. The van der Waals surface area contributed by atoms with Crippen molar-refractivity contribution in [3.8, 4) is 0 Å². The van der Waals surface area contributed by atoms with Crippen molar-refractivity contribution < 1.29 is 23.4 Å². The van der Waals surface area contributed by atoms with Crippen molar-refractivity contribution in [3.05, 3.63) is 71.8 Å². The number of nitrogens with zero attached hydrogens (tertiary/aromatic N) is 1. The van der Waals surface area contributed by atoms with Gasteiger partial charge in [-0.3, -0.25) is 4.90 Å². The Morgan fingerprint density at radius 2 is 1.21 bits per heavy atom. The predicted octanol–water partition coefficient (Wildman–Crippen LogP) is 2.97. The van der Waals surface area contributed by atoms with Crippen molar-refractivity contribution in [3.63, 3.8) is 0 Å². The van der Waals surface area contributed by atoms with E-state index in [1.165, 1.54) is 4.90 Å². The molecule has 0 bridgehead atoms. The Bertz CT molecular complexity index is 578. The average Bonchev–Trinajstić information content (AvgIpc) is 2.55. The maximum absolute atomic E-state index is 13.1. The molecule has 0 aliphatic heterocycles. The molecule has 130 valence electrons. The molecule has 0 fully saturated rings. The van der Waals surface area contributed by atoms with Crippen molar-refractivity contribution in [2.75, 3.05) is 13.2 Å². The van der Waals surface area contributed by atoms with Gasteiger partial charge in [-0.1, -0.05) is 60.7 Å². The van der Waals surface area contributed by atoms with E-state index in [0.29, 0.717) is 0 Å². The van der Waals surface area contributed by atoms with Gasteiger partial charge < -0.3 is 10.2 Å². The molecule has 0 unspecified atom stereocenters. The molecule has 2 rings (SSSR count). The van der Waals surface area contributed by atoms with Crippen molar-refractivity contribution >= 4 is 0 Å². The van der Waals surface area contributed by atoms with Crippen LogP contribution in [0.2, 0.25) is 0 Å². The summed E-state index contributed by atoms with van der Waals surface area (Å²) in [5, 5.41) is 19.0. The molecule has 6 heteroatoms. The first-order chi connectivity index (χ1) is 11.3. The molecule has 0 amide bonds. The zero-order valence-corrected chi connectivity index (χ0v) is 13.1. The Labute approximate surface area is 139 Å². The molecule has 0 aromatic heterocycles. The van der Waals surface area contributed by atoms with Gasteiger partial charge in [-0.25, -0.2) is 0 Å². The van der Waals surface area contributed by atoms with E-state index < -0.39 is 24.9 Å². The van der Waals surface area contributed by atoms with Gasteiger partial charge in [0.25, 0.3) is 0 Å². The maximum atomic E-state index is 13.1. The lowest BCUT2D eigenvalue weighted by Gasteiger charge is -2.34. The minimum absolute atomic E-state index is 0.230. The zero-order valence-electron chi connectivity index (χ0n) is 13.1. The van der Waals surface area contributed by atoms with Gasteiger partial charge >= 0.3 is 6.18 Å². The summed E-state index contributed by atoms with van der Waals surface area (Å²) in [7, 11) is 0. The summed E-state index contributed by atoms with van der Waals surface area (Å²) in [6.07, 6.45) is -4.91. The number of hydrogen-bond acceptors (Lipinski definition) is 3. The Morgan fingerprint density at radius 1 is 0.792 bits per heavy atom. The third-order valence-electron chi connectivity index (χ3n) is 3.77. The van der Waals surface area contributed by atoms with E-state index in [1.54, 1.807) is 24.3 Å². The van der Waals surface area contributed by atoms with Crippen LogP contribution in [0.15, 0.2) is 60.7 Å². The molecular formula is C18H20F3NO2. The van der Waals surface area contributed by atoms with E-state index in [2.05, 4.69) is 0 Å². The third-order valence-corrected chi connectivity index (χ3v) is 3.77. The fourth-order valence-corrected chi connectivity index (χ4v) is 2.45. The van der Waals surface area contributed by atoms with Gasteiger partial charge in [0, 0.05) is 19.6 Å². The molecule has 0 aliphatic rings. The topological polar surface area (TPSA) is 43.7 Å². The van der Waals surface area contributed by atoms with Gasteiger partial charge in [-0.2, -0.15) is 13.2 Å². The first-order valence-corrected chi connectivity index (χ1v) is 7.54. The van der Waals surface area contributed by atoms with Gasteiger partial charge in [-0.15, -0.1) is 0 Å². The van der Waals surface area contributed by atoms with Gasteiger partial charge in [0.15, 0.2) is 5.60 Å². The zero-order chi connectivity index (χ0) is 17.6. The van der Waals surface area contributed by atoms with Crippen molar-refractivity contribution in [1.29, 1.82) is 0 Å². The highest BCUT2D eigenvalue weighted by atomic mass is 19.4. The van der Waals surface area contributed by atoms with Gasteiger partial charge in [0.2, 0.25) is 0 Å². The second kappa shape index (κ2) is 7.79. The summed E-state index contributed by atoms with van der Waals surface area (Å²) in [6.45, 7) is -1.63. The second-order valence-electron chi connectivity index (χ2n) is 5.80. The molecule has 0 spiro atoms. The first kappa shape index (κ1) is 18.4. The van der Waals surface area contributed by atoms with Crippen LogP contribution < -0.4 is 0 Å². The van der Waals surface area contributed by atoms with E-state index in [9.17, 15) is 18.3 Å². The highest BCUT2D eigenvalue weighted by molar-refractivity contribution is 5.17. The summed E-state index contributed by atoms with van der Waals surface area (Å²) in [4.78, 5) is 1.48. The quantitative estimate of drug-likeness (QED) is 0.815. The van der Waals surface area contributed by atoms with Crippen LogP contribution in [-0.2, 0) is 13.1 Å². The van der Waals surface area contributed by atoms with E-state index in [1.807, 2.05) is 36.4 Å². The number of benzene rings is 2. The summed E-state index contributed by atoms with van der Waals surface area (Å²) in [5.74, 6) is 0. The molecular weight excluding hydrogens is 319 g/mol. The third kappa shape index (κ3) is 4.80. The standard InChI is InChI=1S/C18H20F3NO2/c19-18(20,21)17(24,14-23)13-22(11-15-7-3-1-4-8-15)12-16-9-5-2-6-10-16/h1-10,23-24H,11-14H2/t17-/m0/s1. The number of alkyl halides is 3. The lowest BCUT2D eigenvalue weighted by Crippen LogP contribution is -2.55. The van der Waals surface area contributed by atoms with Crippen molar-refractivity contribution in [2.24, 2.45) is 0 Å². The fraction of sp³-hybridized carbons (Fsp3) is 0.333. The van der Waals surface area contributed by atoms with E-state index in [-0.39, 0.29) is 13.1 Å². The van der Waals surface area contributed by atoms with Gasteiger partial charge in [-0.05, 0) is 11.1 Å². The molecule has 0 saturated carbocycles. The van der Waals surface area contributed by atoms with Gasteiger partial charge in [0.05, 0.1) is 6.61 Å². The van der Waals surface area contributed by atoms with Crippen LogP contribution >= 0.6 is 0 Å². The minimum atomic E-state index is -4.91. The van der Waals surface area contributed by atoms with Gasteiger partial charge in [0.1, 0.15) is 0 Å². The van der Waals surface area contributed by atoms with Crippen LogP contribution in [0.3, 0.4) is 0 Å². The average molecular weight is 339 g/mol. The molecule has 2 aromatic rings. The Balaban J connectivity index is 2.21. The summed E-state index contributed by atoms with van der Waals surface area (Å²) >= 11 is 0. The van der Waals surface area contributed by atoms with Crippen LogP contribution in [-0.4, -0.2) is 40.0 Å². The van der Waals surface area contributed by atoms with Crippen molar-refractivity contribution in [2.45, 2.75) is 24.9 Å². The number of rotatable bonds is 7. The Morgan fingerprint density at radius 3 is 1.54 bits per heavy atom. The largest absolute Gasteiger partial charge is 0.420 e. The molecule has 0 radical (unpaired) electrons. The van der Waals surface area contributed by atoms with Crippen LogP contribution in [0.4, 0.5) is 13.2 Å². The minimum Gasteiger partial charge on any atom is -0.393 e. The molecule has 2 aromatic carbocycles. The number of aliphatic hydroxyl groups excluding tert-OH is 1. The fourth-order valence-electron chi connectivity index (χ4n) is 2.45. The van der Waals surface area contributed by atoms with Crippen LogP contribution in [0, 0.1) is 0 Å². The predicted molar refractivity (Wildman–Crippen MR) is 85.1 cm³/mol. The molecule has 3 nitrogen and oxygen atoms in total. The lowest BCUT2D eigenvalue weighted by molar-refractivity contribution is -0.276. The summed E-state index contributed by atoms with van der Waals surface area (Å²) < 4.78 is 39.3. The molecule has 0 saturated heterocycles. The molecule has 0 aliphatic carbocycles. The highest BCUT2D eigenvalue weighted by Gasteiger charge is 2.54. The van der Waals surface area contributed by atoms with E-state index in [4.69, 9.17) is 5.11 Å². The number of aliphatic hydroxyl groups is 2. The summed E-state index contributed by atoms with van der Waals surface area (Å²) in [5.41, 5.74) is -1.50. The monoisotopic (exact) mass is 339 g/mol. The van der Waals surface area contributed by atoms with E-state index in [0.717, 1.165) is 11.1 Å². The van der Waals surface area contributed by atoms with Crippen LogP contribution in [0.5, 0.6) is 0 Å². The molecule has 2 N–H and O–H groups in total. The number of hydrogen-bond donors (Lipinski definition) is 2. The Hall–Kier alpha value is -1.89. The SMILES string of the molecule is OC[C@@](O)(CN(Cc1ccccc1)Cc1ccccc1)C(F)(F)F. The lowest BCUT2D eigenvalue weighted by atomic mass is 10.0. The molecule has 1 atom stereocenters. The van der Waals surface area contributed by atoms with E-state index >= 15 is 0 Å². The van der Waals surface area contributed by atoms with Crippen LogP contribution in [0.25, 0.3) is 0 Å². The Kier molecular flexibility index (Phi) is 5.99. The second-order valence-corrected chi connectivity index (χ2v) is 5.80. The van der Waals surface area contributed by atoms with Crippen LogP contribution in [0.1, 0.15) is 11.1 Å². The maximum Gasteiger partial charge on any atom is 0.420 e. The summed E-state index contributed by atoms with van der Waals surface area (Å²) in [6, 6.07) is 18.1. The number of halogens is 3. The molecule has 0 heterocycles. The highest BCUT2D eigenvalue weighted by Crippen LogP contribution is 2.31.